The summed E-state index contributed by atoms with van der Waals surface area (Å²) in [5.41, 5.74) is 13.6. The van der Waals surface area contributed by atoms with Crippen LogP contribution in [0.4, 0.5) is 17.1 Å². The molecule has 0 N–H and O–H groups in total. The van der Waals surface area contributed by atoms with Gasteiger partial charge in [-0.2, -0.15) is 0 Å². The third kappa shape index (κ3) is 5.27. The van der Waals surface area contributed by atoms with Gasteiger partial charge in [0.1, 0.15) is 22.3 Å². The van der Waals surface area contributed by atoms with Crippen molar-refractivity contribution in [2.24, 2.45) is 0 Å². The first kappa shape index (κ1) is 32.8. The summed E-state index contributed by atoms with van der Waals surface area (Å²) in [6.07, 6.45) is 0. The Hall–Kier alpha value is -7.40. The predicted octanol–water partition coefficient (Wildman–Crippen LogP) is 16.3. The molecular formula is C54H33NO2S. The van der Waals surface area contributed by atoms with Gasteiger partial charge in [-0.3, -0.25) is 0 Å². The summed E-state index contributed by atoms with van der Waals surface area (Å²) in [4.78, 5) is 2.32. The number of furan rings is 2. The summed E-state index contributed by atoms with van der Waals surface area (Å²) in [6.45, 7) is 0. The van der Waals surface area contributed by atoms with Crippen LogP contribution >= 0.6 is 11.3 Å². The maximum Gasteiger partial charge on any atom is 0.143 e. The standard InChI is InChI=1S/C54H33NO2S/c1-4-22-49-43(15-1)45-30-29-40(33-51(45)56-49)55(39-14-8-13-37(32-39)41-18-9-20-47-44-16-2-5-23-50(44)57-53(41)47)38-27-25-34(26-28-38)35-11-7-12-36(31-35)42-19-10-21-48-46-17-3-6-24-52(46)58-54(42)48/h1-33H. The predicted molar refractivity (Wildman–Crippen MR) is 245 cm³/mol. The van der Waals surface area contributed by atoms with E-state index in [1.165, 1.54) is 36.9 Å². The van der Waals surface area contributed by atoms with Gasteiger partial charge in [0.25, 0.3) is 0 Å². The van der Waals surface area contributed by atoms with Gasteiger partial charge in [0.2, 0.25) is 0 Å². The Bertz CT molecular complexity index is 3530. The largest absolute Gasteiger partial charge is 0.456 e. The highest BCUT2D eigenvalue weighted by Crippen LogP contribution is 2.44. The van der Waals surface area contributed by atoms with Gasteiger partial charge in [-0.25, -0.2) is 0 Å². The highest BCUT2D eigenvalue weighted by molar-refractivity contribution is 7.26. The van der Waals surface area contributed by atoms with Crippen LogP contribution in [0, 0.1) is 0 Å². The van der Waals surface area contributed by atoms with Crippen molar-refractivity contribution in [3.8, 4) is 33.4 Å². The van der Waals surface area contributed by atoms with Crippen LogP contribution in [0.1, 0.15) is 0 Å². The summed E-state index contributed by atoms with van der Waals surface area (Å²) < 4.78 is 15.5. The van der Waals surface area contributed by atoms with E-state index in [9.17, 15) is 0 Å². The molecule has 0 saturated heterocycles. The molecule has 12 rings (SSSR count). The molecule has 0 saturated carbocycles. The first-order valence-corrected chi connectivity index (χ1v) is 20.4. The number of thiophene rings is 1. The molecule has 3 aromatic heterocycles. The van der Waals surface area contributed by atoms with E-state index in [-0.39, 0.29) is 0 Å². The van der Waals surface area contributed by atoms with Gasteiger partial charge in [-0.15, -0.1) is 11.3 Å². The van der Waals surface area contributed by atoms with Crippen LogP contribution in [0.5, 0.6) is 0 Å². The van der Waals surface area contributed by atoms with Crippen LogP contribution in [0.25, 0.3) is 97.4 Å². The smallest absolute Gasteiger partial charge is 0.143 e. The van der Waals surface area contributed by atoms with E-state index < -0.39 is 0 Å². The van der Waals surface area contributed by atoms with E-state index in [4.69, 9.17) is 8.83 Å². The summed E-state index contributed by atoms with van der Waals surface area (Å²) >= 11 is 1.87. The van der Waals surface area contributed by atoms with Crippen molar-refractivity contribution < 1.29 is 8.83 Å². The average molecular weight is 760 g/mol. The van der Waals surface area contributed by atoms with E-state index in [2.05, 4.69) is 181 Å². The molecule has 12 aromatic rings. The molecule has 0 atom stereocenters. The van der Waals surface area contributed by atoms with Gasteiger partial charge in [-0.1, -0.05) is 133 Å². The van der Waals surface area contributed by atoms with E-state index in [0.29, 0.717) is 0 Å². The zero-order valence-corrected chi connectivity index (χ0v) is 32.0. The molecule has 0 aliphatic carbocycles. The molecule has 0 aliphatic rings. The number of rotatable bonds is 6. The molecule has 0 amide bonds. The van der Waals surface area contributed by atoms with E-state index in [1.807, 2.05) is 35.6 Å². The zero-order chi connectivity index (χ0) is 38.2. The first-order valence-electron chi connectivity index (χ1n) is 19.6. The van der Waals surface area contributed by atoms with Crippen molar-refractivity contribution in [1.82, 2.24) is 0 Å². The van der Waals surface area contributed by atoms with Crippen molar-refractivity contribution in [3.05, 3.63) is 200 Å². The van der Waals surface area contributed by atoms with Crippen molar-refractivity contribution >= 4 is 92.4 Å². The number of benzene rings is 9. The molecule has 3 heterocycles. The van der Waals surface area contributed by atoms with E-state index in [1.54, 1.807) is 0 Å². The van der Waals surface area contributed by atoms with Gasteiger partial charge in [0.05, 0.1) is 0 Å². The number of hydrogen-bond acceptors (Lipinski definition) is 4. The Kier molecular flexibility index (Phi) is 7.40. The Morgan fingerprint density at radius 3 is 1.76 bits per heavy atom. The van der Waals surface area contributed by atoms with Crippen LogP contribution in [-0.4, -0.2) is 0 Å². The average Bonchev–Trinajstić information content (AvgIpc) is 3.98. The molecule has 3 nitrogen and oxygen atoms in total. The minimum Gasteiger partial charge on any atom is -0.456 e. The van der Waals surface area contributed by atoms with Crippen molar-refractivity contribution in [1.29, 1.82) is 0 Å². The molecule has 0 bridgehead atoms. The lowest BCUT2D eigenvalue weighted by atomic mass is 9.97. The topological polar surface area (TPSA) is 29.5 Å². The molecule has 0 radical (unpaired) electrons. The molecule has 0 fully saturated rings. The molecule has 9 aromatic carbocycles. The normalized spacial score (nSPS) is 11.8. The molecule has 0 unspecified atom stereocenters. The highest BCUT2D eigenvalue weighted by Gasteiger charge is 2.19. The second-order valence-electron chi connectivity index (χ2n) is 14.9. The zero-order valence-electron chi connectivity index (χ0n) is 31.2. The third-order valence-corrected chi connectivity index (χ3v) is 12.7. The summed E-state index contributed by atoms with van der Waals surface area (Å²) in [5, 5.41) is 7.09. The summed E-state index contributed by atoms with van der Waals surface area (Å²) in [6, 6.07) is 71.4. The molecule has 0 aliphatic heterocycles. The van der Waals surface area contributed by atoms with Crippen LogP contribution in [0.15, 0.2) is 209 Å². The Morgan fingerprint density at radius 1 is 0.328 bits per heavy atom. The van der Waals surface area contributed by atoms with E-state index >= 15 is 0 Å². The molecular weight excluding hydrogens is 727 g/mol. The second-order valence-corrected chi connectivity index (χ2v) is 15.9. The van der Waals surface area contributed by atoms with Gasteiger partial charge in [0, 0.05) is 70.4 Å². The third-order valence-electron chi connectivity index (χ3n) is 11.5. The number of hydrogen-bond donors (Lipinski definition) is 0. The maximum absolute atomic E-state index is 6.49. The number of anilines is 3. The van der Waals surface area contributed by atoms with Crippen LogP contribution in [0.3, 0.4) is 0 Å². The Labute approximate surface area is 338 Å². The molecule has 58 heavy (non-hydrogen) atoms. The van der Waals surface area contributed by atoms with Crippen molar-refractivity contribution in [2.75, 3.05) is 4.90 Å². The monoisotopic (exact) mass is 759 g/mol. The first-order chi connectivity index (χ1) is 28.7. The summed E-state index contributed by atoms with van der Waals surface area (Å²) in [5.74, 6) is 0. The van der Waals surface area contributed by atoms with Gasteiger partial charge in [0.15, 0.2) is 0 Å². The second kappa shape index (κ2) is 13.1. The lowest BCUT2D eigenvalue weighted by molar-refractivity contribution is 0.669. The van der Waals surface area contributed by atoms with Gasteiger partial charge >= 0.3 is 0 Å². The number of nitrogens with zero attached hydrogens (tertiary/aromatic N) is 1. The van der Waals surface area contributed by atoms with Gasteiger partial charge in [-0.05, 0) is 88.5 Å². The van der Waals surface area contributed by atoms with Crippen LogP contribution in [-0.2, 0) is 0 Å². The molecule has 4 heteroatoms. The number of para-hydroxylation sites is 3. The van der Waals surface area contributed by atoms with E-state index in [0.717, 1.165) is 77.6 Å². The lowest BCUT2D eigenvalue weighted by Crippen LogP contribution is -2.10. The molecule has 0 spiro atoms. The summed E-state index contributed by atoms with van der Waals surface area (Å²) in [7, 11) is 0. The minimum absolute atomic E-state index is 0.856. The quantitative estimate of drug-likeness (QED) is 0.169. The fourth-order valence-corrected chi connectivity index (χ4v) is 9.97. The maximum atomic E-state index is 6.49. The van der Waals surface area contributed by atoms with Crippen molar-refractivity contribution in [2.45, 2.75) is 0 Å². The van der Waals surface area contributed by atoms with Gasteiger partial charge < -0.3 is 13.7 Å². The lowest BCUT2D eigenvalue weighted by Gasteiger charge is -2.26. The van der Waals surface area contributed by atoms with Crippen LogP contribution < -0.4 is 4.90 Å². The minimum atomic E-state index is 0.856. The SMILES string of the molecule is c1cc(-c2ccc(N(c3cccc(-c4cccc5c4oc4ccccc45)c3)c3ccc4c(c3)oc3ccccc34)cc2)cc(-c2cccc3c2sc2ccccc23)c1. The fourth-order valence-electron chi connectivity index (χ4n) is 8.73. The Balaban J connectivity index is 0.969. The van der Waals surface area contributed by atoms with Crippen LogP contribution in [0.2, 0.25) is 0 Å². The fraction of sp³-hybridized carbons (Fsp3) is 0. The number of fused-ring (bicyclic) bond motifs is 9. The molecule has 272 valence electrons. The highest BCUT2D eigenvalue weighted by atomic mass is 32.1. The Morgan fingerprint density at radius 2 is 0.914 bits per heavy atom. The van der Waals surface area contributed by atoms with Crippen molar-refractivity contribution in [3.63, 3.8) is 0 Å².